The summed E-state index contributed by atoms with van der Waals surface area (Å²) in [6, 6.07) is -3.87. The highest BCUT2D eigenvalue weighted by atomic mass is 35.5. The number of aliphatic hydroxyl groups is 8. The van der Waals surface area contributed by atoms with Gasteiger partial charge in [-0.25, -0.2) is 0 Å². The van der Waals surface area contributed by atoms with Gasteiger partial charge in [-0.15, -0.1) is 12.4 Å². The normalized spacial score (nSPS) is 51.0. The SMILES string of the molecule is Cl.N[C@@H]1[C@@H](O)[C@H](O[C@@H]2O[C@H](CO)[C@@H](O[C@@H]3O[C@H](CO)[C@@H](O)[C@H](O)[C@H]3N)[C@H](O)[C@H]2N)[C@@H](CO)O[C@@H]1O. The van der Waals surface area contributed by atoms with Gasteiger partial charge in [0.25, 0.3) is 0 Å². The summed E-state index contributed by atoms with van der Waals surface area (Å²) in [4.78, 5) is 0. The molecular formula is C18H36ClN3O13. The Kier molecular flexibility index (Phi) is 11.4. The maximum absolute atomic E-state index is 10.8. The molecule has 3 aliphatic rings. The molecule has 0 amide bonds. The predicted molar refractivity (Wildman–Crippen MR) is 114 cm³/mol. The minimum atomic E-state index is -1.56. The Bertz CT molecular complexity index is 653. The molecule has 0 saturated carbocycles. The highest BCUT2D eigenvalue weighted by molar-refractivity contribution is 5.85. The van der Waals surface area contributed by atoms with Crippen LogP contribution in [0.25, 0.3) is 0 Å². The Labute approximate surface area is 206 Å². The third-order valence-corrected chi connectivity index (χ3v) is 6.33. The fourth-order valence-electron chi connectivity index (χ4n) is 4.18. The first-order valence-corrected chi connectivity index (χ1v) is 10.8. The summed E-state index contributed by atoms with van der Waals surface area (Å²) in [6.07, 6.45) is -16.8. The van der Waals surface area contributed by atoms with E-state index in [0.717, 1.165) is 0 Å². The summed E-state index contributed by atoms with van der Waals surface area (Å²) in [5, 5.41) is 79.6. The van der Waals surface area contributed by atoms with Crippen molar-refractivity contribution in [3.05, 3.63) is 0 Å². The topological polar surface area (TPSA) is 286 Å². The zero-order valence-corrected chi connectivity index (χ0v) is 19.4. The molecular weight excluding hydrogens is 502 g/mol. The predicted octanol–water partition coefficient (Wildman–Crippen LogP) is -7.25. The van der Waals surface area contributed by atoms with Crippen molar-refractivity contribution >= 4 is 12.4 Å². The Balaban J connectivity index is 0.00000432. The fourth-order valence-corrected chi connectivity index (χ4v) is 4.18. The lowest BCUT2D eigenvalue weighted by molar-refractivity contribution is -0.348. The van der Waals surface area contributed by atoms with Crippen molar-refractivity contribution in [2.24, 2.45) is 17.2 Å². The van der Waals surface area contributed by atoms with Gasteiger partial charge < -0.3 is 81.7 Å². The van der Waals surface area contributed by atoms with Crippen molar-refractivity contribution in [3.63, 3.8) is 0 Å². The van der Waals surface area contributed by atoms with Crippen LogP contribution in [0.2, 0.25) is 0 Å². The van der Waals surface area contributed by atoms with Gasteiger partial charge in [-0.2, -0.15) is 0 Å². The van der Waals surface area contributed by atoms with Gasteiger partial charge in [0.05, 0.1) is 37.9 Å². The number of ether oxygens (including phenoxy) is 5. The Morgan fingerprint density at radius 2 is 0.943 bits per heavy atom. The molecule has 15 atom stereocenters. The van der Waals surface area contributed by atoms with E-state index in [1.807, 2.05) is 0 Å². The van der Waals surface area contributed by atoms with Crippen LogP contribution in [0, 0.1) is 0 Å². The highest BCUT2D eigenvalue weighted by Gasteiger charge is 2.52. The number of nitrogens with two attached hydrogens (primary N) is 3. The van der Waals surface area contributed by atoms with E-state index in [1.54, 1.807) is 0 Å². The lowest BCUT2D eigenvalue weighted by Gasteiger charge is -2.48. The molecule has 3 heterocycles. The van der Waals surface area contributed by atoms with Crippen LogP contribution in [0.5, 0.6) is 0 Å². The molecule has 3 aliphatic heterocycles. The molecule has 3 saturated heterocycles. The molecule has 16 nitrogen and oxygen atoms in total. The summed E-state index contributed by atoms with van der Waals surface area (Å²) >= 11 is 0. The van der Waals surface area contributed by atoms with Crippen LogP contribution >= 0.6 is 12.4 Å². The summed E-state index contributed by atoms with van der Waals surface area (Å²) in [5.41, 5.74) is 17.6. The van der Waals surface area contributed by atoms with Gasteiger partial charge in [-0.05, 0) is 0 Å². The van der Waals surface area contributed by atoms with Crippen LogP contribution in [-0.2, 0) is 23.7 Å². The average molecular weight is 538 g/mol. The van der Waals surface area contributed by atoms with E-state index in [9.17, 15) is 40.9 Å². The van der Waals surface area contributed by atoms with Crippen LogP contribution in [0.3, 0.4) is 0 Å². The monoisotopic (exact) mass is 537 g/mol. The Hall–Kier alpha value is -0.350. The third-order valence-electron chi connectivity index (χ3n) is 6.33. The number of hydrogen-bond acceptors (Lipinski definition) is 16. The van der Waals surface area contributed by atoms with Gasteiger partial charge in [0.1, 0.15) is 54.9 Å². The lowest BCUT2D eigenvalue weighted by Crippen LogP contribution is -2.69. The fraction of sp³-hybridized carbons (Fsp3) is 1.00. The number of halogens is 1. The van der Waals surface area contributed by atoms with E-state index in [4.69, 9.17) is 40.9 Å². The van der Waals surface area contributed by atoms with Crippen LogP contribution in [0.1, 0.15) is 0 Å². The smallest absolute Gasteiger partial charge is 0.176 e. The second kappa shape index (κ2) is 12.9. The molecule has 0 aromatic carbocycles. The Morgan fingerprint density at radius 3 is 1.43 bits per heavy atom. The van der Waals surface area contributed by atoms with Gasteiger partial charge in [0, 0.05) is 0 Å². The zero-order chi connectivity index (χ0) is 25.3. The zero-order valence-electron chi connectivity index (χ0n) is 18.5. The molecule has 3 fully saturated rings. The standard InChI is InChI=1S/C18H35N3O13.ClH/c19-7-12(27)14(5(2-23)30-16(7)29)33-18-9(21)13(28)15(6(3-24)32-18)34-17-8(20)11(26)10(25)4(1-22)31-17;/h4-18,22-29H,1-3,19-21H2;1H/t4-,5-,6-,7-,8-,9-,10-,11-,12-,13-,14-,15-,16+,17+,18+;/m1./s1. The molecule has 17 heteroatoms. The van der Waals surface area contributed by atoms with Crippen molar-refractivity contribution in [2.45, 2.75) is 91.9 Å². The quantitative estimate of drug-likeness (QED) is 0.144. The number of hydrogen-bond donors (Lipinski definition) is 11. The first kappa shape index (κ1) is 30.9. The molecule has 208 valence electrons. The highest BCUT2D eigenvalue weighted by Crippen LogP contribution is 2.30. The third kappa shape index (κ3) is 6.21. The van der Waals surface area contributed by atoms with Crippen LogP contribution in [0.15, 0.2) is 0 Å². The minimum absolute atomic E-state index is 0. The van der Waals surface area contributed by atoms with Crippen LogP contribution < -0.4 is 17.2 Å². The largest absolute Gasteiger partial charge is 0.394 e. The average Bonchev–Trinajstić information content (AvgIpc) is 2.83. The maximum Gasteiger partial charge on any atom is 0.176 e. The van der Waals surface area contributed by atoms with E-state index in [0.29, 0.717) is 0 Å². The number of aliphatic hydroxyl groups excluding tert-OH is 8. The van der Waals surface area contributed by atoms with Crippen molar-refractivity contribution < 1.29 is 64.5 Å². The molecule has 0 spiro atoms. The lowest BCUT2D eigenvalue weighted by atomic mass is 9.94. The second-order valence-electron chi connectivity index (χ2n) is 8.59. The van der Waals surface area contributed by atoms with Gasteiger partial charge in [-0.3, -0.25) is 0 Å². The van der Waals surface area contributed by atoms with Crippen molar-refractivity contribution in [3.8, 4) is 0 Å². The first-order valence-electron chi connectivity index (χ1n) is 10.8. The van der Waals surface area contributed by atoms with Crippen LogP contribution in [0.4, 0.5) is 0 Å². The molecule has 0 aromatic heterocycles. The molecule has 14 N–H and O–H groups in total. The van der Waals surface area contributed by atoms with Crippen molar-refractivity contribution in [2.75, 3.05) is 19.8 Å². The molecule has 0 aliphatic carbocycles. The van der Waals surface area contributed by atoms with Gasteiger partial charge in [0.15, 0.2) is 18.9 Å². The van der Waals surface area contributed by atoms with E-state index in [2.05, 4.69) is 0 Å². The summed E-state index contributed by atoms with van der Waals surface area (Å²) in [6.45, 7) is -2.00. The second-order valence-corrected chi connectivity index (χ2v) is 8.59. The van der Waals surface area contributed by atoms with Crippen molar-refractivity contribution in [1.29, 1.82) is 0 Å². The summed E-state index contributed by atoms with van der Waals surface area (Å²) in [7, 11) is 0. The van der Waals surface area contributed by atoms with Crippen molar-refractivity contribution in [1.82, 2.24) is 0 Å². The van der Waals surface area contributed by atoms with Gasteiger partial charge in [0.2, 0.25) is 0 Å². The summed E-state index contributed by atoms with van der Waals surface area (Å²) < 4.78 is 27.4. The van der Waals surface area contributed by atoms with E-state index < -0.39 is 112 Å². The molecule has 0 unspecified atom stereocenters. The van der Waals surface area contributed by atoms with Crippen LogP contribution in [-0.4, -0.2) is 153 Å². The van der Waals surface area contributed by atoms with Gasteiger partial charge >= 0.3 is 0 Å². The van der Waals surface area contributed by atoms with Gasteiger partial charge in [-0.1, -0.05) is 0 Å². The summed E-state index contributed by atoms with van der Waals surface area (Å²) in [5.74, 6) is 0. The molecule has 0 aromatic rings. The molecule has 35 heavy (non-hydrogen) atoms. The first-order chi connectivity index (χ1) is 16.0. The van der Waals surface area contributed by atoms with E-state index in [-0.39, 0.29) is 12.4 Å². The Morgan fingerprint density at radius 1 is 0.543 bits per heavy atom. The minimum Gasteiger partial charge on any atom is -0.394 e. The van der Waals surface area contributed by atoms with E-state index >= 15 is 0 Å². The molecule has 0 bridgehead atoms. The number of rotatable bonds is 7. The molecule has 3 rings (SSSR count). The van der Waals surface area contributed by atoms with E-state index in [1.165, 1.54) is 0 Å². The molecule has 0 radical (unpaired) electrons. The maximum atomic E-state index is 10.8.